The molecule has 7 aromatic carbocycles. The molecule has 56 heavy (non-hydrogen) atoms. The van der Waals surface area contributed by atoms with Crippen LogP contribution in [-0.4, -0.2) is 0 Å². The zero-order valence-corrected chi connectivity index (χ0v) is 31.7. The topological polar surface area (TPSA) is 3.24 Å². The maximum Gasteiger partial charge on any atom is 0.0645 e. The minimum Gasteiger partial charge on any atom is -0.310 e. The molecular weight excluding hydrogens is 675 g/mol. The molecule has 0 atom stereocenters. The molecule has 1 heteroatoms. The lowest BCUT2D eigenvalue weighted by molar-refractivity contribution is -0.0399. The number of benzene rings is 7. The van der Waals surface area contributed by atoms with Crippen molar-refractivity contribution in [3.8, 4) is 44.5 Å². The van der Waals surface area contributed by atoms with Crippen LogP contribution in [-0.2, 0) is 10.8 Å². The normalized spacial score (nSPS) is 26.4. The third-order valence-corrected chi connectivity index (χ3v) is 14.4. The largest absolute Gasteiger partial charge is 0.310 e. The molecule has 0 aromatic heterocycles. The van der Waals surface area contributed by atoms with Crippen LogP contribution in [0, 0.1) is 23.7 Å². The predicted molar refractivity (Wildman–Crippen MR) is 233 cm³/mol. The summed E-state index contributed by atoms with van der Waals surface area (Å²) in [5.74, 6) is 2.75. The fourth-order valence-corrected chi connectivity index (χ4v) is 12.4. The van der Waals surface area contributed by atoms with Gasteiger partial charge in [0.25, 0.3) is 0 Å². The van der Waals surface area contributed by atoms with Gasteiger partial charge in [-0.2, -0.15) is 0 Å². The summed E-state index contributed by atoms with van der Waals surface area (Å²) in [6.07, 6.45) is 6.41. The Morgan fingerprint density at radius 2 is 1.04 bits per heavy atom. The van der Waals surface area contributed by atoms with Gasteiger partial charge in [0.1, 0.15) is 0 Å². The number of nitrogens with zero attached hydrogens (tertiary/aromatic N) is 1. The van der Waals surface area contributed by atoms with Crippen LogP contribution >= 0.6 is 0 Å². The van der Waals surface area contributed by atoms with Crippen LogP contribution in [0.4, 0.5) is 17.1 Å². The zero-order chi connectivity index (χ0) is 45.0. The fraction of sp³-hybridized carbons (Fsp3) is 0.236. The molecule has 1 spiro atoms. The first-order chi connectivity index (χ1) is 31.2. The third kappa shape index (κ3) is 4.49. The molecule has 0 saturated heterocycles. The summed E-state index contributed by atoms with van der Waals surface area (Å²) < 4.78 is 81.0. The second kappa shape index (κ2) is 11.9. The van der Waals surface area contributed by atoms with Gasteiger partial charge < -0.3 is 4.90 Å². The molecule has 4 saturated carbocycles. The van der Waals surface area contributed by atoms with Crippen molar-refractivity contribution in [3.05, 3.63) is 186 Å². The van der Waals surface area contributed by atoms with E-state index in [1.54, 1.807) is 0 Å². The molecule has 6 aliphatic rings. The van der Waals surface area contributed by atoms with Gasteiger partial charge in [-0.3, -0.25) is 0 Å². The molecule has 13 rings (SSSR count). The number of fused-ring (bicyclic) bond motifs is 6. The van der Waals surface area contributed by atoms with E-state index >= 15 is 0 Å². The van der Waals surface area contributed by atoms with Crippen molar-refractivity contribution < 1.29 is 12.3 Å². The molecule has 272 valence electrons. The Balaban J connectivity index is 1.10. The predicted octanol–water partition coefficient (Wildman–Crippen LogP) is 14.5. The quantitative estimate of drug-likeness (QED) is 0.170. The van der Waals surface area contributed by atoms with Crippen molar-refractivity contribution in [2.45, 2.75) is 56.8 Å². The molecule has 0 radical (unpaired) electrons. The summed E-state index contributed by atoms with van der Waals surface area (Å²) in [5.41, 5.74) is 12.1. The smallest absolute Gasteiger partial charge is 0.0645 e. The molecule has 4 fully saturated rings. The Kier molecular flexibility index (Phi) is 5.27. The average Bonchev–Trinajstić information content (AvgIpc) is 3.73. The molecule has 0 heterocycles. The van der Waals surface area contributed by atoms with Crippen molar-refractivity contribution in [2.24, 2.45) is 23.7 Å². The lowest BCUT2D eigenvalue weighted by Gasteiger charge is -2.61. The lowest BCUT2D eigenvalue weighted by atomic mass is 9.43. The summed E-state index contributed by atoms with van der Waals surface area (Å²) in [7, 11) is 0. The van der Waals surface area contributed by atoms with Crippen LogP contribution in [0.1, 0.15) is 80.5 Å². The number of anilines is 3. The monoisotopic (exact) mass is 730 g/mol. The minimum atomic E-state index is -0.605. The number of hydrogen-bond acceptors (Lipinski definition) is 1. The second-order valence-electron chi connectivity index (χ2n) is 17.5. The van der Waals surface area contributed by atoms with Crippen LogP contribution in [0.25, 0.3) is 44.5 Å². The Bertz CT molecular complexity index is 3140. The van der Waals surface area contributed by atoms with E-state index in [1.165, 1.54) is 59.9 Å². The maximum atomic E-state index is 9.76. The van der Waals surface area contributed by atoms with Gasteiger partial charge in [-0.05, 0) is 153 Å². The van der Waals surface area contributed by atoms with Gasteiger partial charge in [-0.25, -0.2) is 0 Å². The van der Waals surface area contributed by atoms with Gasteiger partial charge in [-0.1, -0.05) is 141 Å². The molecule has 7 aromatic rings. The van der Waals surface area contributed by atoms with Crippen molar-refractivity contribution >= 4 is 17.1 Å². The van der Waals surface area contributed by atoms with E-state index in [4.69, 9.17) is 6.85 Å². The van der Waals surface area contributed by atoms with Crippen LogP contribution in [0.3, 0.4) is 0 Å². The van der Waals surface area contributed by atoms with Gasteiger partial charge >= 0.3 is 0 Å². The molecule has 0 N–H and O–H groups in total. The van der Waals surface area contributed by atoms with E-state index in [-0.39, 0.29) is 39.7 Å². The summed E-state index contributed by atoms with van der Waals surface area (Å²) in [6, 6.07) is 33.9. The number of rotatable bonds is 5. The van der Waals surface area contributed by atoms with Crippen LogP contribution < -0.4 is 4.90 Å². The highest BCUT2D eigenvalue weighted by atomic mass is 15.1. The van der Waals surface area contributed by atoms with Gasteiger partial charge in [0.05, 0.1) is 18.0 Å². The lowest BCUT2D eigenvalue weighted by Crippen LogP contribution is -2.55. The standard InChI is InChI=1S/C55H47N/c1-54(2)49-17-9-6-15-45(49)47-27-25-43(34-51(47)54)56(42-23-20-38(21-24-42)37-12-4-3-5-13-37)53-19-11-8-14-44(53)39-22-26-48-46-16-7-10-18-50(46)55(52(48)33-39)40-29-35-28-36(31-40)32-41(55)30-35/h3-27,33-36,40-41H,28-32H2,1-2H3/i3D,4D,5D,12D,13D,20D,21D,23D,24D. The first kappa shape index (κ1) is 24.8. The Morgan fingerprint density at radius 1 is 0.464 bits per heavy atom. The zero-order valence-electron chi connectivity index (χ0n) is 40.7. The van der Waals surface area contributed by atoms with Crippen molar-refractivity contribution in [3.63, 3.8) is 0 Å². The second-order valence-corrected chi connectivity index (χ2v) is 17.5. The van der Waals surface area contributed by atoms with Crippen LogP contribution in [0.2, 0.25) is 0 Å². The first-order valence-corrected chi connectivity index (χ1v) is 20.3. The SMILES string of the molecule is [2H]c1c([2H])c([2H])c(-c2c([2H])c([2H])c(N(c3ccc4c(c3)C(C)(C)c3ccccc3-4)c3ccccc3-c3ccc4c(c3)C3(c5ccccc5-4)C4CC5CC(C4)CC3C5)c([2H])c2[2H])c([2H])c1[2H]. The molecule has 6 aliphatic carbocycles. The number of para-hydroxylation sites is 1. The first-order valence-electron chi connectivity index (χ1n) is 24.8. The Morgan fingerprint density at radius 3 is 1.77 bits per heavy atom. The van der Waals surface area contributed by atoms with Crippen LogP contribution in [0.5, 0.6) is 0 Å². The van der Waals surface area contributed by atoms with Crippen molar-refractivity contribution in [2.75, 3.05) is 4.90 Å². The molecule has 0 amide bonds. The highest BCUT2D eigenvalue weighted by Gasteiger charge is 2.61. The van der Waals surface area contributed by atoms with E-state index in [1.807, 2.05) is 35.2 Å². The van der Waals surface area contributed by atoms with Crippen molar-refractivity contribution in [1.82, 2.24) is 0 Å². The van der Waals surface area contributed by atoms with Crippen LogP contribution in [0.15, 0.2) is 164 Å². The van der Waals surface area contributed by atoms with E-state index < -0.39 is 42.3 Å². The van der Waals surface area contributed by atoms with Gasteiger partial charge in [0.2, 0.25) is 0 Å². The van der Waals surface area contributed by atoms with E-state index in [9.17, 15) is 5.48 Å². The highest BCUT2D eigenvalue weighted by Crippen LogP contribution is 2.69. The van der Waals surface area contributed by atoms with E-state index in [2.05, 4.69) is 92.7 Å². The van der Waals surface area contributed by atoms with E-state index in [0.717, 1.165) is 39.7 Å². The van der Waals surface area contributed by atoms with Gasteiger partial charge in [0, 0.05) is 27.8 Å². The summed E-state index contributed by atoms with van der Waals surface area (Å²) in [5, 5.41) is 0. The minimum absolute atomic E-state index is 0.00269. The molecular formula is C55H47N. The summed E-state index contributed by atoms with van der Waals surface area (Å²) in [4.78, 5) is 1.85. The Hall–Kier alpha value is -5.66. The Labute approximate surface area is 344 Å². The molecule has 4 bridgehead atoms. The van der Waals surface area contributed by atoms with Crippen molar-refractivity contribution in [1.29, 1.82) is 0 Å². The fourth-order valence-electron chi connectivity index (χ4n) is 12.4. The summed E-state index contributed by atoms with van der Waals surface area (Å²) in [6.45, 7) is 4.40. The highest BCUT2D eigenvalue weighted by molar-refractivity contribution is 5.93. The van der Waals surface area contributed by atoms with Gasteiger partial charge in [-0.15, -0.1) is 0 Å². The third-order valence-electron chi connectivity index (χ3n) is 14.4. The molecule has 0 unspecified atom stereocenters. The molecule has 0 aliphatic heterocycles. The van der Waals surface area contributed by atoms with Gasteiger partial charge in [0.15, 0.2) is 0 Å². The number of hydrogen-bond donors (Lipinski definition) is 0. The summed E-state index contributed by atoms with van der Waals surface area (Å²) >= 11 is 0. The average molecular weight is 731 g/mol. The van der Waals surface area contributed by atoms with E-state index in [0.29, 0.717) is 23.2 Å². The molecule has 1 nitrogen and oxygen atoms in total. The maximum absolute atomic E-state index is 9.76.